The summed E-state index contributed by atoms with van der Waals surface area (Å²) < 4.78 is 4.98. The highest BCUT2D eigenvalue weighted by atomic mass is 16.5. The average molecular weight is 552 g/mol. The van der Waals surface area contributed by atoms with Crippen LogP contribution >= 0.6 is 0 Å². The fourth-order valence-electron chi connectivity index (χ4n) is 4.63. The topological polar surface area (TPSA) is 169 Å². The van der Waals surface area contributed by atoms with E-state index in [1.807, 2.05) is 0 Å². The number of carbonyl (C=O) groups is 6. The van der Waals surface area contributed by atoms with E-state index in [2.05, 4.69) is 15.3 Å². The first-order valence-corrected chi connectivity index (χ1v) is 12.5. The van der Waals surface area contributed by atoms with Crippen molar-refractivity contribution in [2.24, 2.45) is 0 Å². The van der Waals surface area contributed by atoms with Gasteiger partial charge in [0.25, 0.3) is 11.5 Å². The number of benzene rings is 3. The molecular formula is C30H21N3O8. The molecule has 41 heavy (non-hydrogen) atoms. The Morgan fingerprint density at radius 1 is 0.878 bits per heavy atom. The minimum absolute atomic E-state index is 0.0150. The van der Waals surface area contributed by atoms with Crippen molar-refractivity contribution < 1.29 is 33.5 Å². The molecule has 0 radical (unpaired) electrons. The summed E-state index contributed by atoms with van der Waals surface area (Å²) in [5, 5.41) is 2.34. The second-order valence-electron chi connectivity index (χ2n) is 9.17. The maximum Gasteiger partial charge on any atom is 0.323 e. The zero-order valence-corrected chi connectivity index (χ0v) is 21.8. The van der Waals surface area contributed by atoms with Crippen LogP contribution in [0.4, 0.5) is 5.69 Å². The Kier molecular flexibility index (Phi) is 6.94. The molecular weight excluding hydrogens is 530 g/mol. The highest BCUT2D eigenvalue weighted by molar-refractivity contribution is 6.45. The Morgan fingerprint density at radius 2 is 1.54 bits per heavy atom. The number of rotatable bonds is 7. The fraction of sp³-hybridized carbons (Fsp3) is 0.133. The fourth-order valence-corrected chi connectivity index (χ4v) is 4.63. The molecule has 0 saturated carbocycles. The van der Waals surface area contributed by atoms with Crippen molar-refractivity contribution in [3.05, 3.63) is 105 Å². The maximum atomic E-state index is 13.3. The molecule has 0 bridgehead atoms. The van der Waals surface area contributed by atoms with Crippen molar-refractivity contribution in [2.45, 2.75) is 19.8 Å². The highest BCUT2D eigenvalue weighted by Crippen LogP contribution is 2.31. The number of carbonyl (C=O) groups excluding carboxylic acids is 6. The van der Waals surface area contributed by atoms with Crippen molar-refractivity contribution in [3.63, 3.8) is 0 Å². The first-order chi connectivity index (χ1) is 19.6. The first kappa shape index (κ1) is 27.0. The molecule has 0 unspecified atom stereocenters. The van der Waals surface area contributed by atoms with Gasteiger partial charge < -0.3 is 15.0 Å². The number of hydrogen-bond acceptors (Lipinski definition) is 9. The lowest BCUT2D eigenvalue weighted by Crippen LogP contribution is -2.37. The number of hydrogen-bond donors (Lipinski definition) is 2. The number of aromatic nitrogens is 2. The van der Waals surface area contributed by atoms with E-state index in [9.17, 15) is 33.6 Å². The summed E-state index contributed by atoms with van der Waals surface area (Å²) in [4.78, 5) is 96.8. The molecule has 1 aliphatic rings. The van der Waals surface area contributed by atoms with Gasteiger partial charge in [-0.25, -0.2) is 4.98 Å². The molecule has 1 aromatic heterocycles. The van der Waals surface area contributed by atoms with Crippen LogP contribution in [-0.4, -0.2) is 51.6 Å². The molecule has 11 heteroatoms. The molecule has 4 aromatic rings. The number of esters is 1. The molecule has 0 fully saturated rings. The quantitative estimate of drug-likeness (QED) is 0.134. The van der Waals surface area contributed by atoms with Crippen LogP contribution in [0.25, 0.3) is 11.0 Å². The summed E-state index contributed by atoms with van der Waals surface area (Å²) in [7, 11) is 0. The molecule has 2 N–H and O–H groups in total. The van der Waals surface area contributed by atoms with E-state index >= 15 is 0 Å². The summed E-state index contributed by atoms with van der Waals surface area (Å²) in [5.41, 5.74) is -0.708. The third-order valence-corrected chi connectivity index (χ3v) is 6.61. The van der Waals surface area contributed by atoms with Crippen molar-refractivity contribution in [3.8, 4) is 0 Å². The molecule has 0 spiro atoms. The number of ketones is 4. The predicted octanol–water partition coefficient (Wildman–Crippen LogP) is 2.76. The van der Waals surface area contributed by atoms with Crippen molar-refractivity contribution in [2.75, 3.05) is 11.9 Å². The number of aromatic amines is 1. The molecule has 204 valence electrons. The van der Waals surface area contributed by atoms with Crippen LogP contribution in [0.15, 0.2) is 65.5 Å². The van der Waals surface area contributed by atoms with E-state index in [0.29, 0.717) is 5.56 Å². The van der Waals surface area contributed by atoms with Crippen LogP contribution in [0.1, 0.15) is 67.7 Å². The molecule has 3 aromatic carbocycles. The smallest absolute Gasteiger partial charge is 0.323 e. The van der Waals surface area contributed by atoms with Crippen LogP contribution in [0.3, 0.4) is 0 Å². The normalized spacial score (nSPS) is 12.7. The number of amides is 1. The summed E-state index contributed by atoms with van der Waals surface area (Å²) in [5.74, 6) is -6.82. The zero-order valence-electron chi connectivity index (χ0n) is 21.8. The Labute approximate surface area is 231 Å². The second kappa shape index (κ2) is 10.5. The molecule has 1 heterocycles. The van der Waals surface area contributed by atoms with E-state index < -0.39 is 46.4 Å². The van der Waals surface area contributed by atoms with Gasteiger partial charge in [0.05, 0.1) is 23.2 Å². The average Bonchev–Trinajstić information content (AvgIpc) is 2.96. The largest absolute Gasteiger partial charge is 0.465 e. The Balaban J connectivity index is 1.56. The van der Waals surface area contributed by atoms with Crippen LogP contribution in [-0.2, 0) is 19.1 Å². The van der Waals surface area contributed by atoms with Gasteiger partial charge in [-0.3, -0.25) is 33.6 Å². The number of Topliss-reactive ketones (excluding diaryl/α,β-unsaturated/α-hetero) is 2. The van der Waals surface area contributed by atoms with Crippen LogP contribution < -0.4 is 10.9 Å². The Hall–Kier alpha value is -5.58. The lowest BCUT2D eigenvalue weighted by molar-refractivity contribution is -0.150. The molecule has 1 amide bonds. The summed E-state index contributed by atoms with van der Waals surface area (Å²) in [6, 6.07) is 14.7. The van der Waals surface area contributed by atoms with E-state index in [-0.39, 0.29) is 51.4 Å². The summed E-state index contributed by atoms with van der Waals surface area (Å²) in [6.07, 6.45) is 0. The lowest BCUT2D eigenvalue weighted by atomic mass is 9.83. The number of nitrogens with one attached hydrogen (secondary N) is 2. The van der Waals surface area contributed by atoms with Crippen molar-refractivity contribution in [1.82, 2.24) is 9.97 Å². The second-order valence-corrected chi connectivity index (χ2v) is 9.17. The van der Waals surface area contributed by atoms with Crippen molar-refractivity contribution in [1.29, 1.82) is 0 Å². The van der Waals surface area contributed by atoms with Gasteiger partial charge in [0.15, 0.2) is 23.3 Å². The molecule has 0 saturated heterocycles. The van der Waals surface area contributed by atoms with Gasteiger partial charge >= 0.3 is 5.97 Å². The summed E-state index contributed by atoms with van der Waals surface area (Å²) in [6.45, 7) is 2.71. The third kappa shape index (κ3) is 4.73. The number of H-pyrrole nitrogens is 1. The van der Waals surface area contributed by atoms with E-state index in [1.165, 1.54) is 62.4 Å². The standard InChI is InChI=1S/C30H21N3O8/c1-3-41-30(40)22(27(37)29(39)31-16-10-8-15(9-11-16)14(2)34)24-28(38)33-23-20(32-24)13-12-19-21(23)26(36)18-7-5-4-6-17(18)25(19)35/h4-13,22H,3H2,1-2H3,(H,31,39)(H,33,38)/t22-/m1/s1. The molecule has 11 nitrogen and oxygen atoms in total. The van der Waals surface area contributed by atoms with Gasteiger partial charge in [-0.2, -0.15) is 0 Å². The molecule has 0 aliphatic heterocycles. The Morgan fingerprint density at radius 3 is 2.17 bits per heavy atom. The van der Waals surface area contributed by atoms with E-state index in [1.54, 1.807) is 12.1 Å². The van der Waals surface area contributed by atoms with Crippen LogP contribution in [0, 0.1) is 0 Å². The van der Waals surface area contributed by atoms with Gasteiger partial charge in [-0.15, -0.1) is 0 Å². The SMILES string of the molecule is CCOC(=O)[C@@H](C(=O)C(=O)Nc1ccc(C(C)=O)cc1)c1nc2ccc3c(c2[nH]c1=O)C(=O)c1ccccc1C3=O. The van der Waals surface area contributed by atoms with E-state index in [0.717, 1.165) is 0 Å². The van der Waals surface area contributed by atoms with Crippen molar-refractivity contribution >= 4 is 51.7 Å². The van der Waals surface area contributed by atoms with Crippen LogP contribution in [0.2, 0.25) is 0 Å². The summed E-state index contributed by atoms with van der Waals surface area (Å²) >= 11 is 0. The number of ether oxygens (including phenoxy) is 1. The van der Waals surface area contributed by atoms with Gasteiger partial charge in [0.1, 0.15) is 5.69 Å². The minimum atomic E-state index is -2.02. The highest BCUT2D eigenvalue weighted by Gasteiger charge is 2.39. The minimum Gasteiger partial charge on any atom is -0.465 e. The first-order valence-electron chi connectivity index (χ1n) is 12.5. The lowest BCUT2D eigenvalue weighted by Gasteiger charge is -2.19. The maximum absolute atomic E-state index is 13.3. The molecule has 5 rings (SSSR count). The van der Waals surface area contributed by atoms with Gasteiger partial charge in [-0.05, 0) is 50.2 Å². The van der Waals surface area contributed by atoms with Gasteiger partial charge in [-0.1, -0.05) is 24.3 Å². The van der Waals surface area contributed by atoms with Gasteiger partial charge in [0, 0.05) is 27.9 Å². The zero-order chi connectivity index (χ0) is 29.4. The predicted molar refractivity (Wildman–Crippen MR) is 145 cm³/mol. The van der Waals surface area contributed by atoms with Crippen LogP contribution in [0.5, 0.6) is 0 Å². The van der Waals surface area contributed by atoms with Gasteiger partial charge in [0.2, 0.25) is 5.78 Å². The molecule has 1 aliphatic carbocycles. The van der Waals surface area contributed by atoms with E-state index in [4.69, 9.17) is 4.74 Å². The number of anilines is 1. The monoisotopic (exact) mass is 551 g/mol. The molecule has 1 atom stereocenters. The number of nitrogens with zero attached hydrogens (tertiary/aromatic N) is 1. The Bertz CT molecular complexity index is 1870. The number of fused-ring (bicyclic) bond motifs is 4. The third-order valence-electron chi connectivity index (χ3n) is 6.61.